The molecule has 0 saturated heterocycles. The first-order valence-corrected chi connectivity index (χ1v) is 7.40. The number of aromatic carboxylic acids is 1. The van der Waals surface area contributed by atoms with E-state index in [0.29, 0.717) is 10.6 Å². The molecule has 0 aliphatic heterocycles. The molecule has 0 aliphatic rings. The lowest BCUT2D eigenvalue weighted by molar-refractivity contribution is 0.0698. The lowest BCUT2D eigenvalue weighted by Crippen LogP contribution is -2.14. The zero-order valence-electron chi connectivity index (χ0n) is 10.9. The Morgan fingerprint density at radius 2 is 1.90 bits per heavy atom. The summed E-state index contributed by atoms with van der Waals surface area (Å²) in [5, 5.41) is 12.1. The number of aryl methyl sites for hydroxylation is 2. The summed E-state index contributed by atoms with van der Waals surface area (Å²) in [6.45, 7) is 3.64. The van der Waals surface area contributed by atoms with E-state index in [1.165, 1.54) is 11.3 Å². The number of carboxylic acid groups (broad SMARTS) is 1. The quantitative estimate of drug-likeness (QED) is 0.873. The van der Waals surface area contributed by atoms with Gasteiger partial charge < -0.3 is 10.4 Å². The fourth-order valence-electron chi connectivity index (χ4n) is 1.78. The van der Waals surface area contributed by atoms with Crippen LogP contribution >= 0.6 is 27.3 Å². The molecule has 2 N–H and O–H groups in total. The van der Waals surface area contributed by atoms with Crippen molar-refractivity contribution in [1.29, 1.82) is 0 Å². The van der Waals surface area contributed by atoms with E-state index in [-0.39, 0.29) is 11.5 Å². The maximum absolute atomic E-state index is 12.3. The highest BCUT2D eigenvalue weighted by Gasteiger charge is 2.17. The Morgan fingerprint density at radius 1 is 1.20 bits per heavy atom. The molecule has 0 radical (unpaired) electrons. The Balaban J connectivity index is 2.32. The predicted molar refractivity (Wildman–Crippen MR) is 82.8 cm³/mol. The van der Waals surface area contributed by atoms with Crippen molar-refractivity contribution < 1.29 is 14.7 Å². The van der Waals surface area contributed by atoms with Gasteiger partial charge in [-0.25, -0.2) is 4.79 Å². The lowest BCUT2D eigenvalue weighted by Gasteiger charge is -2.07. The number of nitrogens with one attached hydrogen (secondary N) is 1. The van der Waals surface area contributed by atoms with Crippen LogP contribution in [0.4, 0.5) is 5.00 Å². The van der Waals surface area contributed by atoms with Crippen LogP contribution in [0.25, 0.3) is 0 Å². The molecule has 0 bridgehead atoms. The van der Waals surface area contributed by atoms with Crippen molar-refractivity contribution in [2.45, 2.75) is 13.8 Å². The number of thiophene rings is 1. The van der Waals surface area contributed by atoms with E-state index in [2.05, 4.69) is 21.2 Å². The summed E-state index contributed by atoms with van der Waals surface area (Å²) >= 11 is 4.57. The number of carbonyl (C=O) groups is 2. The zero-order valence-corrected chi connectivity index (χ0v) is 13.3. The molecule has 0 spiro atoms. The minimum Gasteiger partial charge on any atom is -0.478 e. The van der Waals surface area contributed by atoms with Gasteiger partial charge in [-0.2, -0.15) is 0 Å². The first-order chi connectivity index (χ1) is 9.38. The molecule has 1 aromatic carbocycles. The monoisotopic (exact) mass is 353 g/mol. The molecule has 20 heavy (non-hydrogen) atoms. The molecular weight excluding hydrogens is 342 g/mol. The molecule has 0 unspecified atom stereocenters. The molecule has 0 atom stereocenters. The Bertz CT molecular complexity index is 694. The van der Waals surface area contributed by atoms with Crippen molar-refractivity contribution in [2.24, 2.45) is 0 Å². The van der Waals surface area contributed by atoms with E-state index in [4.69, 9.17) is 5.11 Å². The van der Waals surface area contributed by atoms with E-state index >= 15 is 0 Å². The average molecular weight is 354 g/mol. The number of carbonyl (C=O) groups excluding carboxylic acids is 1. The maximum atomic E-state index is 12.3. The maximum Gasteiger partial charge on any atom is 0.338 e. The normalized spacial score (nSPS) is 10.3. The van der Waals surface area contributed by atoms with Gasteiger partial charge in [0.15, 0.2) is 0 Å². The van der Waals surface area contributed by atoms with Crippen molar-refractivity contribution in [3.05, 3.63) is 50.3 Å². The summed E-state index contributed by atoms with van der Waals surface area (Å²) in [5.41, 5.74) is 1.46. The Labute approximate surface area is 128 Å². The third kappa shape index (κ3) is 3.08. The lowest BCUT2D eigenvalue weighted by atomic mass is 10.1. The standard InChI is InChI=1S/C14H12BrNO3S/c1-7-3-4-9(15)6-10(7)12(17)16-13-11(14(18)19)5-8(2)20-13/h3-6H,1-2H3,(H,16,17)(H,18,19). The van der Waals surface area contributed by atoms with Gasteiger partial charge in [-0.1, -0.05) is 22.0 Å². The van der Waals surface area contributed by atoms with Gasteiger partial charge in [-0.05, 0) is 37.6 Å². The Morgan fingerprint density at radius 3 is 2.55 bits per heavy atom. The summed E-state index contributed by atoms with van der Waals surface area (Å²) in [6, 6.07) is 6.95. The summed E-state index contributed by atoms with van der Waals surface area (Å²) in [6.07, 6.45) is 0. The van der Waals surface area contributed by atoms with Crippen LogP contribution in [0.15, 0.2) is 28.7 Å². The molecule has 0 fully saturated rings. The van der Waals surface area contributed by atoms with Crippen molar-refractivity contribution in [3.63, 3.8) is 0 Å². The number of anilines is 1. The first-order valence-electron chi connectivity index (χ1n) is 5.79. The van der Waals surface area contributed by atoms with E-state index in [9.17, 15) is 9.59 Å². The summed E-state index contributed by atoms with van der Waals surface area (Å²) < 4.78 is 0.800. The number of benzene rings is 1. The fourth-order valence-corrected chi connectivity index (χ4v) is 3.04. The van der Waals surface area contributed by atoms with Crippen molar-refractivity contribution in [2.75, 3.05) is 5.32 Å². The highest BCUT2D eigenvalue weighted by molar-refractivity contribution is 9.10. The Kier molecular flexibility index (Phi) is 4.25. The highest BCUT2D eigenvalue weighted by atomic mass is 79.9. The summed E-state index contributed by atoms with van der Waals surface area (Å²) in [7, 11) is 0. The third-order valence-corrected chi connectivity index (χ3v) is 4.22. The number of amides is 1. The van der Waals surface area contributed by atoms with Gasteiger partial charge in [0.2, 0.25) is 0 Å². The van der Waals surface area contributed by atoms with Crippen molar-refractivity contribution in [3.8, 4) is 0 Å². The van der Waals surface area contributed by atoms with Gasteiger partial charge in [-0.15, -0.1) is 11.3 Å². The van der Waals surface area contributed by atoms with Gasteiger partial charge in [0.1, 0.15) is 5.00 Å². The van der Waals surface area contributed by atoms with Gasteiger partial charge in [0, 0.05) is 14.9 Å². The zero-order chi connectivity index (χ0) is 14.9. The minimum absolute atomic E-state index is 0.119. The van der Waals surface area contributed by atoms with Gasteiger partial charge >= 0.3 is 5.97 Å². The second-order valence-corrected chi connectivity index (χ2v) is 6.49. The van der Waals surface area contributed by atoms with Crippen LogP contribution < -0.4 is 5.32 Å². The van der Waals surface area contributed by atoms with Crippen molar-refractivity contribution in [1.82, 2.24) is 0 Å². The molecule has 2 aromatic rings. The molecule has 104 valence electrons. The largest absolute Gasteiger partial charge is 0.478 e. The molecule has 0 aliphatic carbocycles. The van der Waals surface area contributed by atoms with Crippen LogP contribution in [0.1, 0.15) is 31.2 Å². The highest BCUT2D eigenvalue weighted by Crippen LogP contribution is 2.28. The molecule has 1 aromatic heterocycles. The third-order valence-electron chi connectivity index (χ3n) is 2.76. The molecule has 1 heterocycles. The van der Waals surface area contributed by atoms with E-state index in [1.54, 1.807) is 19.1 Å². The SMILES string of the molecule is Cc1cc(C(=O)O)c(NC(=O)c2cc(Br)ccc2C)s1. The van der Waals surface area contributed by atoms with Gasteiger partial charge in [-0.3, -0.25) is 4.79 Å². The van der Waals surface area contributed by atoms with Crippen LogP contribution in [0, 0.1) is 13.8 Å². The Hall–Kier alpha value is -1.66. The number of hydrogen-bond acceptors (Lipinski definition) is 3. The number of carboxylic acids is 1. The van der Waals surface area contributed by atoms with Crippen LogP contribution in [0.5, 0.6) is 0 Å². The van der Waals surface area contributed by atoms with Crippen LogP contribution in [0.2, 0.25) is 0 Å². The van der Waals surface area contributed by atoms with Crippen LogP contribution in [-0.2, 0) is 0 Å². The fraction of sp³-hybridized carbons (Fsp3) is 0.143. The number of halogens is 1. The van der Waals surface area contributed by atoms with Crippen LogP contribution in [0.3, 0.4) is 0 Å². The molecule has 1 amide bonds. The molecule has 2 rings (SSSR count). The summed E-state index contributed by atoms with van der Waals surface area (Å²) in [4.78, 5) is 24.2. The molecule has 4 nitrogen and oxygen atoms in total. The smallest absolute Gasteiger partial charge is 0.338 e. The van der Waals surface area contributed by atoms with Crippen LogP contribution in [-0.4, -0.2) is 17.0 Å². The molecule has 6 heteroatoms. The topological polar surface area (TPSA) is 66.4 Å². The molecule has 0 saturated carbocycles. The summed E-state index contributed by atoms with van der Waals surface area (Å²) in [5.74, 6) is -1.36. The average Bonchev–Trinajstić information content (AvgIpc) is 2.73. The van der Waals surface area contributed by atoms with E-state index < -0.39 is 5.97 Å². The number of hydrogen-bond donors (Lipinski definition) is 2. The molecular formula is C14H12BrNO3S. The predicted octanol–water partition coefficient (Wildman–Crippen LogP) is 4.08. The first kappa shape index (κ1) is 14.7. The van der Waals surface area contributed by atoms with E-state index in [0.717, 1.165) is 14.9 Å². The second-order valence-electron chi connectivity index (χ2n) is 4.32. The van der Waals surface area contributed by atoms with E-state index in [1.807, 2.05) is 19.1 Å². The second kappa shape index (κ2) is 5.76. The number of rotatable bonds is 3. The minimum atomic E-state index is -1.05. The van der Waals surface area contributed by atoms with Crippen molar-refractivity contribution >= 4 is 44.1 Å². The van der Waals surface area contributed by atoms with Gasteiger partial charge in [0.05, 0.1) is 5.56 Å². The van der Waals surface area contributed by atoms with Gasteiger partial charge in [0.25, 0.3) is 5.91 Å².